The van der Waals surface area contributed by atoms with E-state index in [1.165, 1.54) is 38.2 Å². The molecule has 1 saturated carbocycles. The molecule has 15 heavy (non-hydrogen) atoms. The lowest BCUT2D eigenvalue weighted by atomic mass is 9.94. The number of hydrogen-bond acceptors (Lipinski definition) is 3. The molecule has 1 aliphatic rings. The summed E-state index contributed by atoms with van der Waals surface area (Å²) in [5.41, 5.74) is -0.143. The van der Waals surface area contributed by atoms with Crippen molar-refractivity contribution in [1.29, 1.82) is 0 Å². The van der Waals surface area contributed by atoms with E-state index in [2.05, 4.69) is 22.1 Å². The first-order valence-corrected chi connectivity index (χ1v) is 5.56. The molecule has 0 bridgehead atoms. The molecule has 0 atom stereocenters. The van der Waals surface area contributed by atoms with Crippen molar-refractivity contribution in [3.05, 3.63) is 22.5 Å². The molecule has 2 rings (SSSR count). The van der Waals surface area contributed by atoms with E-state index in [4.69, 9.17) is 0 Å². The van der Waals surface area contributed by atoms with Crippen LogP contribution < -0.4 is 10.5 Å². The zero-order chi connectivity index (χ0) is 10.7. The van der Waals surface area contributed by atoms with Crippen LogP contribution in [0, 0.1) is 0 Å². The predicted octanol–water partition coefficient (Wildman–Crippen LogP) is 1.54. The second kappa shape index (κ2) is 4.47. The Bertz CT molecular complexity index is 348. The van der Waals surface area contributed by atoms with Crippen LogP contribution in [0.3, 0.4) is 0 Å². The topological polar surface area (TPSA) is 49.0 Å². The molecule has 0 aliphatic heterocycles. The van der Waals surface area contributed by atoms with Crippen LogP contribution in [0.5, 0.6) is 0 Å². The number of H-pyrrole nitrogens is 1. The highest BCUT2D eigenvalue weighted by atomic mass is 16.1. The third kappa shape index (κ3) is 2.37. The van der Waals surface area contributed by atoms with Crippen molar-refractivity contribution in [2.24, 2.45) is 0 Å². The molecule has 0 unspecified atom stereocenters. The third-order valence-electron chi connectivity index (χ3n) is 3.15. The van der Waals surface area contributed by atoms with Crippen molar-refractivity contribution in [3.8, 4) is 0 Å². The van der Waals surface area contributed by atoms with Crippen LogP contribution in [0.25, 0.3) is 0 Å². The number of aromatic nitrogens is 2. The molecule has 4 nitrogen and oxygen atoms in total. The van der Waals surface area contributed by atoms with Gasteiger partial charge in [0.1, 0.15) is 5.82 Å². The van der Waals surface area contributed by atoms with Crippen LogP contribution in [-0.4, -0.2) is 23.3 Å². The Morgan fingerprint density at radius 1 is 1.33 bits per heavy atom. The fourth-order valence-corrected chi connectivity index (χ4v) is 2.19. The highest BCUT2D eigenvalue weighted by molar-refractivity contribution is 5.36. The van der Waals surface area contributed by atoms with Gasteiger partial charge in [0.05, 0.1) is 0 Å². The minimum Gasteiger partial charge on any atom is -0.355 e. The summed E-state index contributed by atoms with van der Waals surface area (Å²) in [5, 5.41) is 6.51. The molecule has 82 valence electrons. The van der Waals surface area contributed by atoms with Crippen LogP contribution in [0.4, 0.5) is 5.82 Å². The van der Waals surface area contributed by atoms with Gasteiger partial charge in [-0.15, -0.1) is 0 Å². The van der Waals surface area contributed by atoms with Crippen LogP contribution >= 0.6 is 0 Å². The van der Waals surface area contributed by atoms with E-state index in [9.17, 15) is 4.79 Å². The van der Waals surface area contributed by atoms with Gasteiger partial charge in [0, 0.05) is 19.2 Å². The van der Waals surface area contributed by atoms with Gasteiger partial charge in [-0.3, -0.25) is 4.79 Å². The SMILES string of the molecule is CN(c1ccc(=O)[nH]n1)C1CCCCC1. The molecule has 0 aromatic carbocycles. The van der Waals surface area contributed by atoms with Crippen molar-refractivity contribution in [2.45, 2.75) is 38.1 Å². The molecule has 1 aromatic rings. The van der Waals surface area contributed by atoms with Crippen molar-refractivity contribution in [1.82, 2.24) is 10.2 Å². The highest BCUT2D eigenvalue weighted by Crippen LogP contribution is 2.23. The lowest BCUT2D eigenvalue weighted by Crippen LogP contribution is -2.34. The molecule has 4 heteroatoms. The normalized spacial score (nSPS) is 17.7. The fraction of sp³-hybridized carbons (Fsp3) is 0.636. The summed E-state index contributed by atoms with van der Waals surface area (Å²) in [7, 11) is 2.05. The third-order valence-corrected chi connectivity index (χ3v) is 3.15. The number of aromatic amines is 1. The number of nitrogens with one attached hydrogen (secondary N) is 1. The summed E-state index contributed by atoms with van der Waals surface area (Å²) >= 11 is 0. The van der Waals surface area contributed by atoms with Crippen LogP contribution in [0.1, 0.15) is 32.1 Å². The molecular formula is C11H17N3O. The Balaban J connectivity index is 2.08. The molecule has 0 saturated heterocycles. The van der Waals surface area contributed by atoms with Crippen molar-refractivity contribution in [2.75, 3.05) is 11.9 Å². The first-order valence-electron chi connectivity index (χ1n) is 5.56. The molecule has 1 aliphatic carbocycles. The zero-order valence-corrected chi connectivity index (χ0v) is 9.07. The van der Waals surface area contributed by atoms with Crippen molar-refractivity contribution >= 4 is 5.82 Å². The van der Waals surface area contributed by atoms with E-state index in [1.54, 1.807) is 6.07 Å². The molecule has 0 spiro atoms. The summed E-state index contributed by atoms with van der Waals surface area (Å²) in [6, 6.07) is 3.90. The Morgan fingerprint density at radius 3 is 2.67 bits per heavy atom. The van der Waals surface area contributed by atoms with Crippen LogP contribution in [0.2, 0.25) is 0 Å². The van der Waals surface area contributed by atoms with Crippen LogP contribution in [-0.2, 0) is 0 Å². The van der Waals surface area contributed by atoms with Gasteiger partial charge in [-0.2, -0.15) is 5.10 Å². The average molecular weight is 207 g/mol. The standard InChI is InChI=1S/C11H17N3O/c1-14(9-5-3-2-4-6-9)10-7-8-11(15)13-12-10/h7-9H,2-6H2,1H3,(H,13,15). The van der Waals surface area contributed by atoms with E-state index < -0.39 is 0 Å². The second-order valence-electron chi connectivity index (χ2n) is 4.18. The Morgan fingerprint density at radius 2 is 2.07 bits per heavy atom. The predicted molar refractivity (Wildman–Crippen MR) is 60.1 cm³/mol. The summed E-state index contributed by atoms with van der Waals surface area (Å²) in [6.07, 6.45) is 6.43. The molecule has 0 amide bonds. The minimum atomic E-state index is -0.143. The second-order valence-corrected chi connectivity index (χ2v) is 4.18. The lowest BCUT2D eigenvalue weighted by molar-refractivity contribution is 0.425. The first kappa shape index (κ1) is 10.2. The number of rotatable bonds is 2. The maximum atomic E-state index is 10.9. The molecular weight excluding hydrogens is 190 g/mol. The van der Waals surface area contributed by atoms with Crippen molar-refractivity contribution < 1.29 is 0 Å². The molecule has 1 heterocycles. The van der Waals surface area contributed by atoms with Gasteiger partial charge in [0.25, 0.3) is 5.56 Å². The summed E-state index contributed by atoms with van der Waals surface area (Å²) in [5.74, 6) is 0.863. The Hall–Kier alpha value is -1.32. The Kier molecular flexibility index (Phi) is 3.04. The number of nitrogens with zero attached hydrogens (tertiary/aromatic N) is 2. The highest BCUT2D eigenvalue weighted by Gasteiger charge is 2.18. The molecule has 0 radical (unpaired) electrons. The molecule has 1 N–H and O–H groups in total. The molecule has 1 fully saturated rings. The van der Waals surface area contributed by atoms with Gasteiger partial charge >= 0.3 is 0 Å². The first-order chi connectivity index (χ1) is 7.27. The largest absolute Gasteiger partial charge is 0.355 e. The minimum absolute atomic E-state index is 0.143. The summed E-state index contributed by atoms with van der Waals surface area (Å²) in [6.45, 7) is 0. The zero-order valence-electron chi connectivity index (χ0n) is 9.07. The summed E-state index contributed by atoms with van der Waals surface area (Å²) < 4.78 is 0. The maximum Gasteiger partial charge on any atom is 0.264 e. The molecule has 1 aromatic heterocycles. The van der Waals surface area contributed by atoms with E-state index in [0.717, 1.165) is 5.82 Å². The monoisotopic (exact) mass is 207 g/mol. The number of hydrogen-bond donors (Lipinski definition) is 1. The Labute approximate surface area is 89.3 Å². The van der Waals surface area contributed by atoms with E-state index in [-0.39, 0.29) is 5.56 Å². The number of anilines is 1. The van der Waals surface area contributed by atoms with Gasteiger partial charge in [0.15, 0.2) is 0 Å². The fourth-order valence-electron chi connectivity index (χ4n) is 2.19. The van der Waals surface area contributed by atoms with Gasteiger partial charge in [0.2, 0.25) is 0 Å². The summed E-state index contributed by atoms with van der Waals surface area (Å²) in [4.78, 5) is 13.1. The van der Waals surface area contributed by atoms with Crippen molar-refractivity contribution in [3.63, 3.8) is 0 Å². The van der Waals surface area contributed by atoms with Gasteiger partial charge < -0.3 is 4.90 Å². The van der Waals surface area contributed by atoms with Crippen LogP contribution in [0.15, 0.2) is 16.9 Å². The van der Waals surface area contributed by atoms with E-state index >= 15 is 0 Å². The van der Waals surface area contributed by atoms with Gasteiger partial charge in [-0.05, 0) is 18.9 Å². The lowest BCUT2D eigenvalue weighted by Gasteiger charge is -2.31. The smallest absolute Gasteiger partial charge is 0.264 e. The average Bonchev–Trinajstić information content (AvgIpc) is 2.30. The van der Waals surface area contributed by atoms with Gasteiger partial charge in [-0.25, -0.2) is 5.10 Å². The van der Waals surface area contributed by atoms with Gasteiger partial charge in [-0.1, -0.05) is 19.3 Å². The van der Waals surface area contributed by atoms with E-state index in [1.807, 2.05) is 0 Å². The van der Waals surface area contributed by atoms with E-state index in [0.29, 0.717) is 6.04 Å². The quantitative estimate of drug-likeness (QED) is 0.800. The maximum absolute atomic E-state index is 10.9.